The molecule has 22 heavy (non-hydrogen) atoms. The number of hydrogen-bond acceptors (Lipinski definition) is 3. The van der Waals surface area contributed by atoms with Gasteiger partial charge in [-0.2, -0.15) is 5.26 Å². The minimum absolute atomic E-state index is 0.0759. The zero-order valence-electron chi connectivity index (χ0n) is 13.4. The number of anilines is 1. The molecule has 0 fully saturated rings. The number of nitrogens with zero attached hydrogens (tertiary/aromatic N) is 1. The van der Waals surface area contributed by atoms with E-state index in [1.165, 1.54) is 0 Å². The quantitative estimate of drug-likeness (QED) is 0.687. The van der Waals surface area contributed by atoms with E-state index in [0.717, 1.165) is 4.90 Å². The van der Waals surface area contributed by atoms with Crippen LogP contribution in [0.1, 0.15) is 26.3 Å². The van der Waals surface area contributed by atoms with Crippen molar-refractivity contribution >= 4 is 17.5 Å². The second-order valence-corrected chi connectivity index (χ2v) is 5.61. The van der Waals surface area contributed by atoms with Gasteiger partial charge < -0.3 is 15.5 Å². The van der Waals surface area contributed by atoms with Gasteiger partial charge in [0.1, 0.15) is 6.07 Å². The van der Waals surface area contributed by atoms with Crippen LogP contribution < -0.4 is 15.5 Å². The third kappa shape index (κ3) is 5.19. The summed E-state index contributed by atoms with van der Waals surface area (Å²) >= 11 is 0. The lowest BCUT2D eigenvalue weighted by molar-refractivity contribution is -0.885. The summed E-state index contributed by atoms with van der Waals surface area (Å²) < 4.78 is 0. The summed E-state index contributed by atoms with van der Waals surface area (Å²) in [6.07, 6.45) is 0. The highest BCUT2D eigenvalue weighted by Crippen LogP contribution is 2.13. The van der Waals surface area contributed by atoms with Crippen molar-refractivity contribution in [3.8, 4) is 6.07 Å². The molecule has 3 N–H and O–H groups in total. The highest BCUT2D eigenvalue weighted by molar-refractivity contribution is 5.94. The Morgan fingerprint density at radius 3 is 2.50 bits per heavy atom. The van der Waals surface area contributed by atoms with Crippen LogP contribution in [0.5, 0.6) is 0 Å². The first-order chi connectivity index (χ1) is 10.3. The molecule has 0 saturated heterocycles. The Kier molecular flexibility index (Phi) is 6.54. The number of amides is 2. The van der Waals surface area contributed by atoms with Crippen LogP contribution >= 0.6 is 0 Å². The lowest BCUT2D eigenvalue weighted by Gasteiger charge is -2.21. The molecule has 6 nitrogen and oxygen atoms in total. The van der Waals surface area contributed by atoms with Crippen LogP contribution in [0.3, 0.4) is 0 Å². The maximum absolute atomic E-state index is 12.3. The molecule has 0 aliphatic carbocycles. The van der Waals surface area contributed by atoms with Crippen molar-refractivity contribution in [2.24, 2.45) is 0 Å². The molecule has 1 aromatic rings. The largest absolute Gasteiger partial charge is 0.349 e. The van der Waals surface area contributed by atoms with E-state index in [1.807, 2.05) is 19.9 Å². The molecule has 0 aliphatic rings. The number of para-hydroxylation sites is 1. The molecule has 0 aromatic heterocycles. The first kappa shape index (κ1) is 17.7. The average Bonchev–Trinajstić information content (AvgIpc) is 2.45. The van der Waals surface area contributed by atoms with Crippen LogP contribution in [0.25, 0.3) is 0 Å². The Morgan fingerprint density at radius 2 is 1.91 bits per heavy atom. The van der Waals surface area contributed by atoms with Gasteiger partial charge >= 0.3 is 0 Å². The van der Waals surface area contributed by atoms with Crippen molar-refractivity contribution in [1.29, 1.82) is 5.26 Å². The normalized spacial score (nSPS) is 13.1. The van der Waals surface area contributed by atoms with Crippen molar-refractivity contribution in [2.75, 3.05) is 18.9 Å². The van der Waals surface area contributed by atoms with Gasteiger partial charge in [0.2, 0.25) is 0 Å². The second kappa shape index (κ2) is 8.15. The third-order valence-electron chi connectivity index (χ3n) is 3.33. The summed E-state index contributed by atoms with van der Waals surface area (Å²) in [5.74, 6) is -0.317. The summed E-state index contributed by atoms with van der Waals surface area (Å²) in [6, 6.07) is 8.53. The number of likely N-dealkylation sites (N-methyl/N-ethyl adjacent to an activating group) is 1. The number of nitrogens with one attached hydrogen (secondary N) is 3. The van der Waals surface area contributed by atoms with Gasteiger partial charge in [0.15, 0.2) is 12.6 Å². The molecule has 0 heterocycles. The summed E-state index contributed by atoms with van der Waals surface area (Å²) in [7, 11) is 1.79. The first-order valence-electron chi connectivity index (χ1n) is 7.26. The van der Waals surface area contributed by atoms with Crippen molar-refractivity contribution in [3.63, 3.8) is 0 Å². The van der Waals surface area contributed by atoms with Crippen molar-refractivity contribution < 1.29 is 14.5 Å². The van der Waals surface area contributed by atoms with Gasteiger partial charge in [-0.1, -0.05) is 12.1 Å². The lowest BCUT2D eigenvalue weighted by atomic mass is 10.2. The van der Waals surface area contributed by atoms with E-state index in [9.17, 15) is 9.59 Å². The minimum atomic E-state index is -0.412. The molecule has 1 aromatic carbocycles. The number of carbonyl (C=O) groups is 2. The zero-order chi connectivity index (χ0) is 16.7. The predicted octanol–water partition coefficient (Wildman–Crippen LogP) is -0.0754. The molecule has 0 aliphatic heterocycles. The number of carbonyl (C=O) groups excluding carboxylic acids is 2. The van der Waals surface area contributed by atoms with E-state index in [4.69, 9.17) is 5.26 Å². The van der Waals surface area contributed by atoms with Crippen LogP contribution in [-0.2, 0) is 9.59 Å². The highest BCUT2D eigenvalue weighted by Gasteiger charge is 2.24. The summed E-state index contributed by atoms with van der Waals surface area (Å²) in [6.45, 7) is 5.75. The van der Waals surface area contributed by atoms with Crippen molar-refractivity contribution in [1.82, 2.24) is 5.32 Å². The summed E-state index contributed by atoms with van der Waals surface area (Å²) in [5.41, 5.74) is 0.902. The molecule has 0 saturated carbocycles. The third-order valence-corrected chi connectivity index (χ3v) is 3.33. The Balaban J connectivity index is 2.65. The van der Waals surface area contributed by atoms with E-state index in [1.54, 1.807) is 38.2 Å². The molecule has 0 spiro atoms. The molecule has 0 bridgehead atoms. The minimum Gasteiger partial charge on any atom is -0.349 e. The highest BCUT2D eigenvalue weighted by atomic mass is 16.2. The molecule has 0 radical (unpaired) electrons. The summed E-state index contributed by atoms with van der Waals surface area (Å²) in [5, 5.41) is 14.6. The zero-order valence-corrected chi connectivity index (χ0v) is 13.4. The molecular formula is C16H23N4O2+. The van der Waals surface area contributed by atoms with E-state index in [2.05, 4.69) is 10.6 Å². The smallest absolute Gasteiger partial charge is 0.282 e. The molecule has 2 amide bonds. The van der Waals surface area contributed by atoms with Crippen LogP contribution in [0.15, 0.2) is 24.3 Å². The number of nitriles is 1. The van der Waals surface area contributed by atoms with Crippen LogP contribution in [0, 0.1) is 11.3 Å². The van der Waals surface area contributed by atoms with E-state index in [0.29, 0.717) is 11.3 Å². The topological polar surface area (TPSA) is 86.4 Å². The number of hydrogen-bond donors (Lipinski definition) is 3. The Labute approximate surface area is 131 Å². The van der Waals surface area contributed by atoms with Crippen molar-refractivity contribution in [3.05, 3.63) is 29.8 Å². The fraction of sp³-hybridized carbons (Fsp3) is 0.438. The second-order valence-electron chi connectivity index (χ2n) is 5.61. The van der Waals surface area contributed by atoms with Gasteiger partial charge in [-0.05, 0) is 32.9 Å². The maximum atomic E-state index is 12.3. The summed E-state index contributed by atoms with van der Waals surface area (Å²) in [4.78, 5) is 24.8. The molecule has 1 rings (SSSR count). The van der Waals surface area contributed by atoms with Crippen LogP contribution in [-0.4, -0.2) is 37.5 Å². The standard InChI is InChI=1S/C16H22N4O2/c1-11(2)18-15(21)10-20(4)12(3)16(22)19-14-8-6-5-7-13(14)9-17/h5-8,11-12H,10H2,1-4H3,(H,18,21)(H,19,22)/p+1/t12-/m1/s1. The Morgan fingerprint density at radius 1 is 1.27 bits per heavy atom. The van der Waals surface area contributed by atoms with Crippen molar-refractivity contribution in [2.45, 2.75) is 32.9 Å². The average molecular weight is 303 g/mol. The molecule has 1 unspecified atom stereocenters. The Hall–Kier alpha value is -2.39. The SMILES string of the molecule is CC(C)NC(=O)C[NH+](C)[C@H](C)C(=O)Nc1ccccc1C#N. The van der Waals surface area contributed by atoms with Gasteiger partial charge in [0.05, 0.1) is 18.3 Å². The van der Waals surface area contributed by atoms with E-state index < -0.39 is 6.04 Å². The van der Waals surface area contributed by atoms with Gasteiger partial charge in [0, 0.05) is 6.04 Å². The molecular weight excluding hydrogens is 280 g/mol. The van der Waals surface area contributed by atoms with Gasteiger partial charge in [-0.3, -0.25) is 9.59 Å². The van der Waals surface area contributed by atoms with Crippen LogP contribution in [0.2, 0.25) is 0 Å². The van der Waals surface area contributed by atoms with Crippen LogP contribution in [0.4, 0.5) is 5.69 Å². The van der Waals surface area contributed by atoms with E-state index in [-0.39, 0.29) is 24.4 Å². The number of rotatable bonds is 6. The first-order valence-corrected chi connectivity index (χ1v) is 7.26. The fourth-order valence-corrected chi connectivity index (χ4v) is 1.93. The predicted molar refractivity (Wildman–Crippen MR) is 84.3 cm³/mol. The van der Waals surface area contributed by atoms with Gasteiger partial charge in [-0.15, -0.1) is 0 Å². The lowest BCUT2D eigenvalue weighted by Crippen LogP contribution is -3.15. The molecule has 6 heteroatoms. The number of quaternary nitrogens is 1. The Bertz CT molecular complexity index is 578. The molecule has 118 valence electrons. The van der Waals surface area contributed by atoms with Gasteiger partial charge in [-0.25, -0.2) is 0 Å². The number of benzene rings is 1. The van der Waals surface area contributed by atoms with E-state index >= 15 is 0 Å². The van der Waals surface area contributed by atoms with Gasteiger partial charge in [0.25, 0.3) is 11.8 Å². The monoisotopic (exact) mass is 303 g/mol. The maximum Gasteiger partial charge on any atom is 0.282 e. The fourth-order valence-electron chi connectivity index (χ4n) is 1.93. The molecule has 2 atom stereocenters.